The van der Waals surface area contributed by atoms with Crippen molar-refractivity contribution < 1.29 is 14.0 Å². The quantitative estimate of drug-likeness (QED) is 0.761. The largest absolute Gasteiger partial charge is 0.459 e. The van der Waals surface area contributed by atoms with Gasteiger partial charge in [-0.1, -0.05) is 13.8 Å². The molecule has 1 rings (SSSR count). The molecular formula is C11H16N2O3. The fourth-order valence-electron chi connectivity index (χ4n) is 1.08. The second-order valence-electron chi connectivity index (χ2n) is 3.91. The Labute approximate surface area is 94.2 Å². The summed E-state index contributed by atoms with van der Waals surface area (Å²) in [5.41, 5.74) is 4.60. The van der Waals surface area contributed by atoms with E-state index in [1.54, 1.807) is 6.07 Å². The first-order chi connectivity index (χ1) is 7.59. The lowest BCUT2D eigenvalue weighted by atomic mass is 10.1. The maximum atomic E-state index is 11.3. The number of carbonyl (C=O) groups is 2. The zero-order valence-electron chi connectivity index (χ0n) is 9.45. The van der Waals surface area contributed by atoms with Gasteiger partial charge in [0.1, 0.15) is 0 Å². The number of rotatable bonds is 4. The van der Waals surface area contributed by atoms with Crippen LogP contribution in [0.25, 0.3) is 0 Å². The van der Waals surface area contributed by atoms with E-state index in [0.717, 1.165) is 6.42 Å². The van der Waals surface area contributed by atoms with Crippen LogP contribution in [0.4, 0.5) is 0 Å². The van der Waals surface area contributed by atoms with E-state index in [1.165, 1.54) is 12.3 Å². The van der Waals surface area contributed by atoms with Gasteiger partial charge in [-0.2, -0.15) is 0 Å². The number of amides is 2. The van der Waals surface area contributed by atoms with Gasteiger partial charge < -0.3 is 4.42 Å². The van der Waals surface area contributed by atoms with E-state index in [9.17, 15) is 9.59 Å². The van der Waals surface area contributed by atoms with Crippen LogP contribution in [0, 0.1) is 5.92 Å². The third-order valence-corrected chi connectivity index (χ3v) is 2.01. The number of furan rings is 1. The fraction of sp³-hybridized carbons (Fsp3) is 0.455. The average molecular weight is 224 g/mol. The van der Waals surface area contributed by atoms with Gasteiger partial charge in [-0.3, -0.25) is 20.4 Å². The van der Waals surface area contributed by atoms with Crippen LogP contribution in [0.2, 0.25) is 0 Å². The van der Waals surface area contributed by atoms with E-state index in [-0.39, 0.29) is 11.7 Å². The highest BCUT2D eigenvalue weighted by Crippen LogP contribution is 2.02. The highest BCUT2D eigenvalue weighted by atomic mass is 16.3. The van der Waals surface area contributed by atoms with E-state index in [1.807, 2.05) is 13.8 Å². The smallest absolute Gasteiger partial charge is 0.305 e. The lowest BCUT2D eigenvalue weighted by Gasteiger charge is -2.06. The lowest BCUT2D eigenvalue weighted by Crippen LogP contribution is -2.41. The van der Waals surface area contributed by atoms with Crippen molar-refractivity contribution in [3.8, 4) is 0 Å². The number of hydrogen-bond donors (Lipinski definition) is 2. The first-order valence-corrected chi connectivity index (χ1v) is 5.22. The molecule has 1 aromatic rings. The highest BCUT2D eigenvalue weighted by molar-refractivity contribution is 5.92. The maximum Gasteiger partial charge on any atom is 0.305 e. The molecule has 0 radical (unpaired) electrons. The molecule has 0 aromatic carbocycles. The second-order valence-corrected chi connectivity index (χ2v) is 3.91. The van der Waals surface area contributed by atoms with E-state index >= 15 is 0 Å². The molecule has 0 aliphatic heterocycles. The SMILES string of the molecule is CC(C)CCC(=O)NNC(=O)c1ccco1. The zero-order valence-corrected chi connectivity index (χ0v) is 9.45. The first-order valence-electron chi connectivity index (χ1n) is 5.22. The summed E-state index contributed by atoms with van der Waals surface area (Å²) in [5.74, 6) is -0.0211. The van der Waals surface area contributed by atoms with Crippen molar-refractivity contribution in [3.63, 3.8) is 0 Å². The van der Waals surface area contributed by atoms with Gasteiger partial charge in [-0.25, -0.2) is 0 Å². The molecule has 0 spiro atoms. The van der Waals surface area contributed by atoms with Gasteiger partial charge in [0, 0.05) is 6.42 Å². The van der Waals surface area contributed by atoms with E-state index in [2.05, 4.69) is 10.9 Å². The summed E-state index contributed by atoms with van der Waals surface area (Å²) in [6.45, 7) is 4.07. The van der Waals surface area contributed by atoms with Crippen LogP contribution in [0.15, 0.2) is 22.8 Å². The van der Waals surface area contributed by atoms with Crippen molar-refractivity contribution >= 4 is 11.8 Å². The molecule has 0 saturated heterocycles. The minimum Gasteiger partial charge on any atom is -0.459 e. The molecule has 0 bridgehead atoms. The van der Waals surface area contributed by atoms with Crippen LogP contribution < -0.4 is 10.9 Å². The van der Waals surface area contributed by atoms with Crippen molar-refractivity contribution in [1.29, 1.82) is 0 Å². The molecule has 88 valence electrons. The third kappa shape index (κ3) is 4.16. The summed E-state index contributed by atoms with van der Waals surface area (Å²) in [6, 6.07) is 3.13. The number of nitrogens with one attached hydrogen (secondary N) is 2. The number of hydrogen-bond acceptors (Lipinski definition) is 3. The van der Waals surface area contributed by atoms with E-state index in [0.29, 0.717) is 12.3 Å². The Hall–Kier alpha value is -1.78. The molecule has 16 heavy (non-hydrogen) atoms. The summed E-state index contributed by atoms with van der Waals surface area (Å²) in [5, 5.41) is 0. The Balaban J connectivity index is 2.24. The predicted molar refractivity (Wildman–Crippen MR) is 58.4 cm³/mol. The molecule has 2 amide bonds. The minimum absolute atomic E-state index is 0.171. The monoisotopic (exact) mass is 224 g/mol. The molecule has 0 aliphatic carbocycles. The summed E-state index contributed by atoms with van der Waals surface area (Å²) in [4.78, 5) is 22.6. The van der Waals surface area contributed by atoms with Crippen LogP contribution in [-0.4, -0.2) is 11.8 Å². The summed E-state index contributed by atoms with van der Waals surface area (Å²) >= 11 is 0. The molecule has 2 N–H and O–H groups in total. The summed E-state index contributed by atoms with van der Waals surface area (Å²) in [6.07, 6.45) is 2.59. The van der Waals surface area contributed by atoms with Gasteiger partial charge in [0.05, 0.1) is 6.26 Å². The molecule has 1 heterocycles. The van der Waals surface area contributed by atoms with Gasteiger partial charge in [-0.05, 0) is 24.5 Å². The lowest BCUT2D eigenvalue weighted by molar-refractivity contribution is -0.122. The standard InChI is InChI=1S/C11H16N2O3/c1-8(2)5-6-10(14)12-13-11(15)9-4-3-7-16-9/h3-4,7-8H,5-6H2,1-2H3,(H,12,14)(H,13,15). The topological polar surface area (TPSA) is 71.3 Å². The molecule has 1 aromatic heterocycles. The van der Waals surface area contributed by atoms with Gasteiger partial charge in [-0.15, -0.1) is 0 Å². The second kappa shape index (κ2) is 5.95. The Morgan fingerprint density at radius 1 is 1.38 bits per heavy atom. The Bertz CT molecular complexity index is 344. The van der Waals surface area contributed by atoms with Crippen LogP contribution in [0.5, 0.6) is 0 Å². The molecule has 0 aliphatic rings. The van der Waals surface area contributed by atoms with E-state index < -0.39 is 5.91 Å². The highest BCUT2D eigenvalue weighted by Gasteiger charge is 2.09. The molecule has 0 saturated carbocycles. The molecule has 0 atom stereocenters. The fourth-order valence-corrected chi connectivity index (χ4v) is 1.08. The minimum atomic E-state index is -0.456. The van der Waals surface area contributed by atoms with Crippen molar-refractivity contribution in [2.75, 3.05) is 0 Å². The average Bonchev–Trinajstić information content (AvgIpc) is 2.76. The van der Waals surface area contributed by atoms with Crippen molar-refractivity contribution in [1.82, 2.24) is 10.9 Å². The van der Waals surface area contributed by atoms with Crippen molar-refractivity contribution in [2.45, 2.75) is 26.7 Å². The normalized spacial score (nSPS) is 10.2. The predicted octanol–water partition coefficient (Wildman–Crippen LogP) is 1.48. The maximum absolute atomic E-state index is 11.3. The van der Waals surface area contributed by atoms with Crippen LogP contribution in [0.1, 0.15) is 37.2 Å². The van der Waals surface area contributed by atoms with Crippen LogP contribution in [0.3, 0.4) is 0 Å². The Kier molecular flexibility index (Phi) is 4.57. The van der Waals surface area contributed by atoms with Gasteiger partial charge in [0.25, 0.3) is 0 Å². The van der Waals surface area contributed by atoms with Gasteiger partial charge >= 0.3 is 5.91 Å². The van der Waals surface area contributed by atoms with Crippen molar-refractivity contribution in [3.05, 3.63) is 24.2 Å². The summed E-state index contributed by atoms with van der Waals surface area (Å²) in [7, 11) is 0. The van der Waals surface area contributed by atoms with Crippen molar-refractivity contribution in [2.24, 2.45) is 5.92 Å². The molecule has 0 fully saturated rings. The Morgan fingerprint density at radius 2 is 2.12 bits per heavy atom. The first kappa shape index (κ1) is 12.3. The van der Waals surface area contributed by atoms with Crippen LogP contribution >= 0.6 is 0 Å². The number of carbonyl (C=O) groups excluding carboxylic acids is 2. The number of hydrazine groups is 1. The van der Waals surface area contributed by atoms with E-state index in [4.69, 9.17) is 4.42 Å². The molecular weight excluding hydrogens is 208 g/mol. The molecule has 5 nitrogen and oxygen atoms in total. The van der Waals surface area contributed by atoms with Gasteiger partial charge in [0.15, 0.2) is 5.76 Å². The molecule has 0 unspecified atom stereocenters. The zero-order chi connectivity index (χ0) is 12.0. The molecule has 5 heteroatoms. The summed E-state index contributed by atoms with van der Waals surface area (Å²) < 4.78 is 4.86. The Morgan fingerprint density at radius 3 is 2.69 bits per heavy atom. The van der Waals surface area contributed by atoms with Gasteiger partial charge in [0.2, 0.25) is 5.91 Å². The third-order valence-electron chi connectivity index (χ3n) is 2.01. The van der Waals surface area contributed by atoms with Crippen LogP contribution in [-0.2, 0) is 4.79 Å².